The number of anilines is 1. The maximum Gasteiger partial charge on any atom is 0.129 e. The molecule has 0 amide bonds. The highest BCUT2D eigenvalue weighted by molar-refractivity contribution is 5.96. The van der Waals surface area contributed by atoms with Gasteiger partial charge in [-0.1, -0.05) is 42.5 Å². The number of nitrogens with zero attached hydrogens (tertiary/aromatic N) is 1. The van der Waals surface area contributed by atoms with Gasteiger partial charge in [-0.15, -0.1) is 0 Å². The summed E-state index contributed by atoms with van der Waals surface area (Å²) in [4.78, 5) is 4.61. The lowest BCUT2D eigenvalue weighted by atomic mass is 9.98. The first-order chi connectivity index (χ1) is 9.90. The summed E-state index contributed by atoms with van der Waals surface area (Å²) in [5.74, 6) is 1.79. The van der Waals surface area contributed by atoms with Gasteiger partial charge in [0.15, 0.2) is 0 Å². The molecule has 2 heteroatoms. The monoisotopic (exact) mass is 260 g/mol. The van der Waals surface area contributed by atoms with E-state index in [1.54, 1.807) is 0 Å². The van der Waals surface area contributed by atoms with Crippen molar-refractivity contribution >= 4 is 16.6 Å². The van der Waals surface area contributed by atoms with E-state index in [4.69, 9.17) is 0 Å². The molecule has 1 N–H and O–H groups in total. The average molecular weight is 260 g/mol. The molecule has 2 atom stereocenters. The molecule has 2 heterocycles. The minimum absolute atomic E-state index is 0. The molecule has 1 fully saturated rings. The molecule has 0 spiro atoms. The van der Waals surface area contributed by atoms with Crippen molar-refractivity contribution in [3.63, 3.8) is 0 Å². The Balaban J connectivity index is 0.00000115. The van der Waals surface area contributed by atoms with Crippen molar-refractivity contribution in [3.05, 3.63) is 60.3 Å². The third-order valence-electron chi connectivity index (χ3n) is 4.53. The summed E-state index contributed by atoms with van der Waals surface area (Å²) in [5.41, 5.74) is 3.91. The van der Waals surface area contributed by atoms with Gasteiger partial charge in [-0.05, 0) is 28.8 Å². The van der Waals surface area contributed by atoms with E-state index in [0.29, 0.717) is 12.0 Å². The first kappa shape index (κ1) is 10.4. The first-order valence-electron chi connectivity index (χ1n) is 7.15. The minimum atomic E-state index is 0. The summed E-state index contributed by atoms with van der Waals surface area (Å²) in [6.45, 7) is 0. The fourth-order valence-corrected chi connectivity index (χ4v) is 3.38. The van der Waals surface area contributed by atoms with E-state index < -0.39 is 0 Å². The topological polar surface area (TPSA) is 24.9 Å². The number of rotatable bonds is 1. The predicted octanol–water partition coefficient (Wildman–Crippen LogP) is 4.43. The fourth-order valence-electron chi connectivity index (χ4n) is 3.38. The highest BCUT2D eigenvalue weighted by Crippen LogP contribution is 2.51. The fraction of sp³-hybridized carbons (Fsp3) is 0.167. The third-order valence-corrected chi connectivity index (χ3v) is 4.53. The molecule has 0 bridgehead atoms. The van der Waals surface area contributed by atoms with Crippen molar-refractivity contribution in [1.29, 1.82) is 0 Å². The van der Waals surface area contributed by atoms with Gasteiger partial charge in [-0.3, -0.25) is 0 Å². The summed E-state index contributed by atoms with van der Waals surface area (Å²) < 4.78 is 0. The highest BCUT2D eigenvalue weighted by Gasteiger charge is 2.46. The van der Waals surface area contributed by atoms with Crippen molar-refractivity contribution in [2.45, 2.75) is 18.4 Å². The molecule has 0 radical (unpaired) electrons. The SMILES string of the molecule is [HH].c1ccc2c(-c3cnc4c(c3)C3CC3N4)cccc2c1. The summed E-state index contributed by atoms with van der Waals surface area (Å²) in [6.07, 6.45) is 3.27. The molecule has 1 aliphatic carbocycles. The number of benzene rings is 2. The lowest BCUT2D eigenvalue weighted by molar-refractivity contribution is 1.14. The van der Waals surface area contributed by atoms with Crippen LogP contribution in [0.3, 0.4) is 0 Å². The minimum Gasteiger partial charge on any atom is -0.366 e. The largest absolute Gasteiger partial charge is 0.366 e. The van der Waals surface area contributed by atoms with Gasteiger partial charge in [0.2, 0.25) is 0 Å². The van der Waals surface area contributed by atoms with Gasteiger partial charge in [0.1, 0.15) is 5.82 Å². The van der Waals surface area contributed by atoms with E-state index in [9.17, 15) is 0 Å². The molecule has 5 rings (SSSR count). The van der Waals surface area contributed by atoms with Crippen LogP contribution in [-0.4, -0.2) is 11.0 Å². The van der Waals surface area contributed by atoms with Gasteiger partial charge < -0.3 is 5.32 Å². The zero-order valence-corrected chi connectivity index (χ0v) is 11.0. The Labute approximate surface area is 119 Å². The Morgan fingerprint density at radius 3 is 3.00 bits per heavy atom. The number of aromatic nitrogens is 1. The van der Waals surface area contributed by atoms with E-state index >= 15 is 0 Å². The molecule has 2 nitrogen and oxygen atoms in total. The molecule has 1 saturated carbocycles. The van der Waals surface area contributed by atoms with Crippen molar-refractivity contribution in [1.82, 2.24) is 4.98 Å². The molecule has 20 heavy (non-hydrogen) atoms. The van der Waals surface area contributed by atoms with Crippen molar-refractivity contribution in [2.24, 2.45) is 0 Å². The van der Waals surface area contributed by atoms with E-state index in [-0.39, 0.29) is 1.43 Å². The maximum absolute atomic E-state index is 4.61. The predicted molar refractivity (Wildman–Crippen MR) is 84.1 cm³/mol. The van der Waals surface area contributed by atoms with Gasteiger partial charge in [-0.25, -0.2) is 4.98 Å². The number of hydrogen-bond acceptors (Lipinski definition) is 2. The molecule has 0 saturated heterocycles. The van der Waals surface area contributed by atoms with Crippen LogP contribution in [0.15, 0.2) is 54.7 Å². The third kappa shape index (κ3) is 1.36. The quantitative estimate of drug-likeness (QED) is 0.700. The van der Waals surface area contributed by atoms with Gasteiger partial charge in [0, 0.05) is 30.7 Å². The van der Waals surface area contributed by atoms with Crippen LogP contribution in [-0.2, 0) is 0 Å². The standard InChI is InChI=1S/C18H14N2.H2/c1-2-6-13-11(4-1)5-3-7-14(13)12-8-16-15-9-17(15)20-18(16)19-10-12;/h1-8,10,15,17H,9H2,(H,19,20);1H. The van der Waals surface area contributed by atoms with Crippen LogP contribution in [0.2, 0.25) is 0 Å². The number of hydrogen-bond donors (Lipinski definition) is 1. The van der Waals surface area contributed by atoms with Gasteiger partial charge in [0.05, 0.1) is 0 Å². The lowest BCUT2D eigenvalue weighted by Crippen LogP contribution is -1.98. The maximum atomic E-state index is 4.61. The van der Waals surface area contributed by atoms with Gasteiger partial charge in [0.25, 0.3) is 0 Å². The van der Waals surface area contributed by atoms with Gasteiger partial charge >= 0.3 is 0 Å². The Bertz CT molecular complexity index is 838. The lowest BCUT2D eigenvalue weighted by Gasteiger charge is -2.09. The Hall–Kier alpha value is -2.35. The van der Waals surface area contributed by atoms with Crippen LogP contribution >= 0.6 is 0 Å². The molecule has 1 aliphatic heterocycles. The normalized spacial score (nSPS) is 22.2. The highest BCUT2D eigenvalue weighted by atomic mass is 15.1. The van der Waals surface area contributed by atoms with E-state index in [1.165, 1.54) is 33.9 Å². The van der Waals surface area contributed by atoms with Crippen LogP contribution in [0.5, 0.6) is 0 Å². The molecule has 1 aromatic heterocycles. The molecular formula is C18H16N2. The molecule has 2 aromatic carbocycles. The molecule has 3 aromatic rings. The average Bonchev–Trinajstić information content (AvgIpc) is 3.19. The zero-order valence-electron chi connectivity index (χ0n) is 11.0. The van der Waals surface area contributed by atoms with E-state index in [0.717, 1.165) is 5.82 Å². The Morgan fingerprint density at radius 2 is 2.00 bits per heavy atom. The van der Waals surface area contributed by atoms with Crippen LogP contribution in [0, 0.1) is 0 Å². The number of fused-ring (bicyclic) bond motifs is 4. The van der Waals surface area contributed by atoms with E-state index in [1.807, 2.05) is 6.20 Å². The van der Waals surface area contributed by atoms with Crippen LogP contribution < -0.4 is 5.32 Å². The molecule has 2 aliphatic rings. The summed E-state index contributed by atoms with van der Waals surface area (Å²) in [5, 5.41) is 6.06. The Morgan fingerprint density at radius 1 is 1.10 bits per heavy atom. The van der Waals surface area contributed by atoms with Crippen LogP contribution in [0.1, 0.15) is 19.3 Å². The summed E-state index contributed by atoms with van der Waals surface area (Å²) in [6, 6.07) is 18.0. The van der Waals surface area contributed by atoms with Crippen molar-refractivity contribution in [3.8, 4) is 11.1 Å². The van der Waals surface area contributed by atoms with Crippen molar-refractivity contribution < 1.29 is 1.43 Å². The second-order valence-electron chi connectivity index (χ2n) is 5.78. The molecular weight excluding hydrogens is 244 g/mol. The second-order valence-corrected chi connectivity index (χ2v) is 5.78. The van der Waals surface area contributed by atoms with Gasteiger partial charge in [-0.2, -0.15) is 0 Å². The number of nitrogens with one attached hydrogen (secondary N) is 1. The second kappa shape index (κ2) is 3.60. The smallest absolute Gasteiger partial charge is 0.129 e. The van der Waals surface area contributed by atoms with Crippen LogP contribution in [0.25, 0.3) is 21.9 Å². The van der Waals surface area contributed by atoms with E-state index in [2.05, 4.69) is 58.8 Å². The molecule has 2 unspecified atom stereocenters. The summed E-state index contributed by atoms with van der Waals surface area (Å²) >= 11 is 0. The van der Waals surface area contributed by atoms with Crippen molar-refractivity contribution in [2.75, 3.05) is 5.32 Å². The summed E-state index contributed by atoms with van der Waals surface area (Å²) in [7, 11) is 0. The number of pyridine rings is 1. The zero-order chi connectivity index (χ0) is 13.1. The Kier molecular flexibility index (Phi) is 1.88. The molecule has 98 valence electrons. The first-order valence-corrected chi connectivity index (χ1v) is 7.15. The van der Waals surface area contributed by atoms with Crippen LogP contribution in [0.4, 0.5) is 5.82 Å².